The average Bonchev–Trinajstić information content (AvgIpc) is 3.18. The second kappa shape index (κ2) is 9.95. The zero-order chi connectivity index (χ0) is 24.3. The minimum absolute atomic E-state index is 0.0856. The number of anilines is 1. The van der Waals surface area contributed by atoms with Crippen molar-refractivity contribution in [1.29, 1.82) is 0 Å². The molecule has 4 N–H and O–H groups in total. The lowest BCUT2D eigenvalue weighted by atomic mass is 10.0. The Kier molecular flexibility index (Phi) is 7.27. The molecule has 16 heteroatoms. The minimum atomic E-state index is -1.39. The molecule has 2 atom stereocenters. The van der Waals surface area contributed by atoms with Crippen LogP contribution in [0.5, 0.6) is 0 Å². The maximum absolute atomic E-state index is 12.7. The van der Waals surface area contributed by atoms with Crippen molar-refractivity contribution in [1.82, 2.24) is 19.6 Å². The van der Waals surface area contributed by atoms with E-state index in [9.17, 15) is 29.1 Å². The van der Waals surface area contributed by atoms with Crippen LogP contribution in [0.2, 0.25) is 0 Å². The Balaban J connectivity index is 1.73. The number of carboxylic acid groups (broad SMARTS) is 1. The number of carbonyl (C=O) groups is 5. The average molecular weight is 498 g/mol. The molecule has 33 heavy (non-hydrogen) atoms. The third-order valence-corrected chi connectivity index (χ3v) is 6.27. The Hall–Kier alpha value is -3.53. The number of thioether (sulfide) groups is 1. The van der Waals surface area contributed by atoms with Gasteiger partial charge in [-0.3, -0.25) is 24.1 Å². The van der Waals surface area contributed by atoms with Gasteiger partial charge in [0.15, 0.2) is 5.13 Å². The van der Waals surface area contributed by atoms with Gasteiger partial charge in [0.2, 0.25) is 11.5 Å². The Morgan fingerprint density at radius 1 is 1.36 bits per heavy atom. The van der Waals surface area contributed by atoms with Gasteiger partial charge in [0.05, 0.1) is 0 Å². The summed E-state index contributed by atoms with van der Waals surface area (Å²) in [5.41, 5.74) is 5.10. The van der Waals surface area contributed by atoms with Crippen molar-refractivity contribution in [3.8, 4) is 0 Å². The number of fused-ring (bicyclic) bond motifs is 1. The fraction of sp³-hybridized carbons (Fsp3) is 0.412. The molecule has 1 fully saturated rings. The van der Waals surface area contributed by atoms with Gasteiger partial charge in [0.1, 0.15) is 43.0 Å². The fourth-order valence-electron chi connectivity index (χ4n) is 3.03. The number of amides is 2. The first-order chi connectivity index (χ1) is 15.6. The van der Waals surface area contributed by atoms with Gasteiger partial charge in [0, 0.05) is 22.9 Å². The lowest BCUT2D eigenvalue weighted by molar-refractivity contribution is -0.150. The number of ketones is 1. The Morgan fingerprint density at radius 3 is 2.67 bits per heavy atom. The van der Waals surface area contributed by atoms with E-state index < -0.39 is 47.4 Å². The SMILES string of the molecule is CON=C(C(=O)NC1C(=O)N2C(C(=O)O)=C(COC(=O)CC(C)=O)CS[C@@H]12)c1nsc(N)n1. The van der Waals surface area contributed by atoms with E-state index in [2.05, 4.69) is 24.7 Å². The number of nitrogens with one attached hydrogen (secondary N) is 1. The quantitative estimate of drug-likeness (QED) is 0.120. The molecule has 2 aliphatic heterocycles. The number of nitrogen functional groups attached to an aromatic ring is 1. The van der Waals surface area contributed by atoms with E-state index in [1.54, 1.807) is 0 Å². The number of nitrogens with zero attached hydrogens (tertiary/aromatic N) is 4. The van der Waals surface area contributed by atoms with Crippen LogP contribution in [0.25, 0.3) is 0 Å². The van der Waals surface area contributed by atoms with Crippen LogP contribution in [0.3, 0.4) is 0 Å². The molecule has 1 unspecified atom stereocenters. The number of esters is 1. The molecule has 1 saturated heterocycles. The summed E-state index contributed by atoms with van der Waals surface area (Å²) in [6.07, 6.45) is -0.437. The van der Waals surface area contributed by atoms with E-state index in [4.69, 9.17) is 10.5 Å². The van der Waals surface area contributed by atoms with Crippen LogP contribution in [-0.2, 0) is 33.5 Å². The summed E-state index contributed by atoms with van der Waals surface area (Å²) in [4.78, 5) is 69.4. The van der Waals surface area contributed by atoms with Gasteiger partial charge in [-0.15, -0.1) is 11.8 Å². The monoisotopic (exact) mass is 498 g/mol. The second-order valence-electron chi connectivity index (χ2n) is 6.74. The summed E-state index contributed by atoms with van der Waals surface area (Å²) >= 11 is 2.02. The summed E-state index contributed by atoms with van der Waals surface area (Å²) in [6.45, 7) is 0.843. The molecular formula is C17H18N6O8S2. The van der Waals surface area contributed by atoms with Gasteiger partial charge < -0.3 is 25.7 Å². The number of carbonyl (C=O) groups excluding carboxylic acids is 4. The summed E-state index contributed by atoms with van der Waals surface area (Å²) in [5, 5.41) is 15.1. The van der Waals surface area contributed by atoms with Gasteiger partial charge in [-0.1, -0.05) is 5.16 Å². The highest BCUT2D eigenvalue weighted by atomic mass is 32.2. The van der Waals surface area contributed by atoms with Crippen LogP contribution >= 0.6 is 23.3 Å². The first kappa shape index (κ1) is 24.1. The van der Waals surface area contributed by atoms with E-state index in [-0.39, 0.29) is 40.3 Å². The molecule has 0 saturated carbocycles. The molecule has 3 rings (SSSR count). The Morgan fingerprint density at radius 2 is 2.09 bits per heavy atom. The Bertz CT molecular complexity index is 1080. The predicted octanol–water partition coefficient (Wildman–Crippen LogP) is -1.27. The second-order valence-corrected chi connectivity index (χ2v) is 8.62. The van der Waals surface area contributed by atoms with E-state index >= 15 is 0 Å². The number of β-lactam (4-membered cyclic amide) rings is 1. The molecule has 1 aromatic rings. The number of hydrogen-bond donors (Lipinski definition) is 3. The smallest absolute Gasteiger partial charge is 0.352 e. The van der Waals surface area contributed by atoms with Gasteiger partial charge in [0.25, 0.3) is 11.8 Å². The lowest BCUT2D eigenvalue weighted by Gasteiger charge is -2.49. The molecule has 14 nitrogen and oxygen atoms in total. The van der Waals surface area contributed by atoms with Crippen LogP contribution in [0, 0.1) is 0 Å². The summed E-state index contributed by atoms with van der Waals surface area (Å²) in [5.74, 6) is -4.02. The molecule has 2 aliphatic rings. The summed E-state index contributed by atoms with van der Waals surface area (Å²) in [6, 6.07) is -1.04. The molecule has 2 amide bonds. The van der Waals surface area contributed by atoms with Crippen LogP contribution in [-0.4, -0.2) is 85.5 Å². The lowest BCUT2D eigenvalue weighted by Crippen LogP contribution is -2.71. The maximum Gasteiger partial charge on any atom is 0.352 e. The minimum Gasteiger partial charge on any atom is -0.477 e. The van der Waals surface area contributed by atoms with Crippen LogP contribution in [0.15, 0.2) is 16.4 Å². The van der Waals surface area contributed by atoms with E-state index in [1.165, 1.54) is 25.8 Å². The van der Waals surface area contributed by atoms with Crippen molar-refractivity contribution in [2.24, 2.45) is 5.16 Å². The van der Waals surface area contributed by atoms with Gasteiger partial charge in [-0.05, 0) is 6.92 Å². The van der Waals surface area contributed by atoms with Crippen LogP contribution in [0.4, 0.5) is 5.13 Å². The van der Waals surface area contributed by atoms with Crippen molar-refractivity contribution in [2.45, 2.75) is 24.8 Å². The van der Waals surface area contributed by atoms with E-state index in [0.717, 1.165) is 16.4 Å². The zero-order valence-electron chi connectivity index (χ0n) is 17.3. The first-order valence-electron chi connectivity index (χ1n) is 9.20. The van der Waals surface area contributed by atoms with Crippen LogP contribution in [0.1, 0.15) is 19.2 Å². The van der Waals surface area contributed by atoms with E-state index in [0.29, 0.717) is 0 Å². The fourth-order valence-corrected chi connectivity index (χ4v) is 4.79. The highest BCUT2D eigenvalue weighted by molar-refractivity contribution is 8.00. The number of hydrogen-bond acceptors (Lipinski definition) is 13. The molecule has 1 aromatic heterocycles. The van der Waals surface area contributed by atoms with Crippen molar-refractivity contribution in [3.05, 3.63) is 17.1 Å². The van der Waals surface area contributed by atoms with Crippen molar-refractivity contribution >= 4 is 63.7 Å². The molecule has 3 heterocycles. The van der Waals surface area contributed by atoms with Crippen molar-refractivity contribution < 1.29 is 38.7 Å². The molecule has 0 radical (unpaired) electrons. The highest BCUT2D eigenvalue weighted by Gasteiger charge is 2.54. The van der Waals surface area contributed by atoms with Crippen LogP contribution < -0.4 is 11.1 Å². The van der Waals surface area contributed by atoms with E-state index in [1.807, 2.05) is 0 Å². The summed E-state index contributed by atoms with van der Waals surface area (Å²) < 4.78 is 8.85. The van der Waals surface area contributed by atoms with Crippen molar-refractivity contribution in [3.63, 3.8) is 0 Å². The molecule has 0 aromatic carbocycles. The number of carboxylic acids is 1. The number of aliphatic carboxylic acids is 1. The molecular weight excluding hydrogens is 480 g/mol. The maximum atomic E-state index is 12.7. The summed E-state index contributed by atoms with van der Waals surface area (Å²) in [7, 11) is 1.21. The first-order valence-corrected chi connectivity index (χ1v) is 11.0. The number of nitrogens with two attached hydrogens (primary N) is 1. The third kappa shape index (κ3) is 5.11. The largest absolute Gasteiger partial charge is 0.477 e. The zero-order valence-corrected chi connectivity index (χ0v) is 18.9. The molecule has 176 valence electrons. The topological polar surface area (TPSA) is 203 Å². The van der Waals surface area contributed by atoms with Gasteiger partial charge in [-0.25, -0.2) is 4.79 Å². The molecule has 0 bridgehead atoms. The highest BCUT2D eigenvalue weighted by Crippen LogP contribution is 2.40. The number of rotatable bonds is 9. The van der Waals surface area contributed by atoms with Gasteiger partial charge in [-0.2, -0.15) is 9.36 Å². The number of Topliss-reactive ketones (excluding diaryl/α,β-unsaturated/α-hetero) is 1. The van der Waals surface area contributed by atoms with Crippen molar-refractivity contribution in [2.75, 3.05) is 25.2 Å². The third-order valence-electron chi connectivity index (χ3n) is 4.39. The number of aromatic nitrogens is 2. The Labute approximate surface area is 194 Å². The molecule has 0 aliphatic carbocycles. The van der Waals surface area contributed by atoms with Gasteiger partial charge >= 0.3 is 11.9 Å². The normalized spacial score (nSPS) is 20.0. The predicted molar refractivity (Wildman–Crippen MR) is 114 cm³/mol. The standard InChI is InChI=1S/C17H18N6O8S2/c1-6(24)3-8(25)31-4-7-5-32-15-10(14(27)23(15)11(7)16(28)29)19-13(26)9(21-30-2)12-20-17(18)33-22-12/h10,15H,3-5H2,1-2H3,(H,19,26)(H,28,29)(H2,18,20,22)/t10?,15-/m0/s1. The molecule has 0 spiro atoms. The number of oxime groups is 1. The number of ether oxygens (including phenoxy) is 1.